The minimum absolute atomic E-state index is 0.0317. The number of rotatable bonds is 6. The number of hydrogen-bond acceptors (Lipinski definition) is 6. The van der Waals surface area contributed by atoms with Crippen molar-refractivity contribution in [1.29, 1.82) is 0 Å². The molecule has 3 aromatic rings. The maximum absolute atomic E-state index is 12.6. The summed E-state index contributed by atoms with van der Waals surface area (Å²) >= 11 is 15.9. The van der Waals surface area contributed by atoms with Crippen molar-refractivity contribution in [3.8, 4) is 5.88 Å². The predicted octanol–water partition coefficient (Wildman–Crippen LogP) is 4.99. The van der Waals surface area contributed by atoms with Gasteiger partial charge in [-0.25, -0.2) is 18.4 Å². The van der Waals surface area contributed by atoms with Gasteiger partial charge in [-0.1, -0.05) is 53.5 Å². The summed E-state index contributed by atoms with van der Waals surface area (Å²) in [5.41, 5.74) is 0.899. The second kappa shape index (κ2) is 8.10. The molecule has 0 aliphatic heterocycles. The summed E-state index contributed by atoms with van der Waals surface area (Å²) in [7, 11) is -4.00. The maximum Gasteiger partial charge on any atom is 0.265 e. The van der Waals surface area contributed by atoms with Gasteiger partial charge in [-0.2, -0.15) is 0 Å². The average molecular weight is 495 g/mol. The summed E-state index contributed by atoms with van der Waals surface area (Å²) in [6, 6.07) is 10.7. The molecule has 0 aliphatic rings. The van der Waals surface area contributed by atoms with Crippen LogP contribution in [0.3, 0.4) is 0 Å². The van der Waals surface area contributed by atoms with E-state index < -0.39 is 10.0 Å². The number of thiophene rings is 1. The molecule has 0 atom stereocenters. The van der Waals surface area contributed by atoms with Gasteiger partial charge < -0.3 is 4.74 Å². The minimum atomic E-state index is -4.00. The highest BCUT2D eigenvalue weighted by Crippen LogP contribution is 2.35. The van der Waals surface area contributed by atoms with Gasteiger partial charge in [0.1, 0.15) is 20.4 Å². The molecule has 0 spiro atoms. The first-order valence-electron chi connectivity index (χ1n) is 7.02. The van der Waals surface area contributed by atoms with Crippen LogP contribution in [-0.4, -0.2) is 18.4 Å². The molecule has 0 radical (unpaired) electrons. The summed E-state index contributed by atoms with van der Waals surface area (Å²) in [6.45, 7) is 0.200. The topological polar surface area (TPSA) is 81.2 Å². The van der Waals surface area contributed by atoms with Crippen LogP contribution in [0.2, 0.25) is 8.67 Å². The number of ether oxygens (including phenoxy) is 1. The third-order valence-electron chi connectivity index (χ3n) is 3.08. The standard InChI is InChI=1S/C15H10BrCl2N3O3S2/c16-11-7-19-14(15(20-11)24-8-9-4-2-1-3-5-9)21-26(22,23)10-6-12(17)25-13(10)18/h1-7H,8H2,(H,19,21). The second-order valence-electron chi connectivity index (χ2n) is 4.91. The highest BCUT2D eigenvalue weighted by Gasteiger charge is 2.24. The van der Waals surface area contributed by atoms with Crippen LogP contribution in [0.4, 0.5) is 5.82 Å². The molecule has 0 aliphatic carbocycles. The third-order valence-corrected chi connectivity index (χ3v) is 6.55. The van der Waals surface area contributed by atoms with Crippen LogP contribution in [0.1, 0.15) is 5.56 Å². The molecule has 2 aromatic heterocycles. The fourth-order valence-corrected chi connectivity index (χ4v) is 5.36. The minimum Gasteiger partial charge on any atom is -0.470 e. The van der Waals surface area contributed by atoms with E-state index in [1.165, 1.54) is 12.3 Å². The molecule has 0 unspecified atom stereocenters. The van der Waals surface area contributed by atoms with Crippen LogP contribution < -0.4 is 9.46 Å². The molecule has 26 heavy (non-hydrogen) atoms. The smallest absolute Gasteiger partial charge is 0.265 e. The van der Waals surface area contributed by atoms with Gasteiger partial charge in [0, 0.05) is 0 Å². The van der Waals surface area contributed by atoms with Gasteiger partial charge in [-0.3, -0.25) is 4.72 Å². The number of aromatic nitrogens is 2. The molecule has 0 amide bonds. The van der Waals surface area contributed by atoms with Crippen molar-refractivity contribution in [1.82, 2.24) is 9.97 Å². The van der Waals surface area contributed by atoms with Crippen LogP contribution in [0, 0.1) is 0 Å². The summed E-state index contributed by atoms with van der Waals surface area (Å²) in [5, 5.41) is 0. The Labute approximate surface area is 172 Å². The fraction of sp³-hybridized carbons (Fsp3) is 0.0667. The van der Waals surface area contributed by atoms with Crippen LogP contribution in [-0.2, 0) is 16.6 Å². The van der Waals surface area contributed by atoms with Gasteiger partial charge in [0.15, 0.2) is 0 Å². The normalized spacial score (nSPS) is 11.3. The first kappa shape index (κ1) is 19.4. The van der Waals surface area contributed by atoms with Gasteiger partial charge in [0.2, 0.25) is 5.82 Å². The molecule has 0 bridgehead atoms. The van der Waals surface area contributed by atoms with Gasteiger partial charge in [-0.05, 0) is 27.6 Å². The Morgan fingerprint density at radius 2 is 1.96 bits per heavy atom. The zero-order valence-electron chi connectivity index (χ0n) is 12.8. The van der Waals surface area contributed by atoms with E-state index in [4.69, 9.17) is 27.9 Å². The SMILES string of the molecule is O=S(=O)(Nc1ncc(Br)nc1OCc1ccccc1)c1cc(Cl)sc1Cl. The van der Waals surface area contributed by atoms with Crippen molar-refractivity contribution in [3.63, 3.8) is 0 Å². The number of nitrogens with one attached hydrogen (secondary N) is 1. The number of benzene rings is 1. The predicted molar refractivity (Wildman–Crippen MR) is 106 cm³/mol. The summed E-state index contributed by atoms with van der Waals surface area (Å²) in [5.74, 6) is -0.0215. The summed E-state index contributed by atoms with van der Waals surface area (Å²) < 4.78 is 33.8. The lowest BCUT2D eigenvalue weighted by Crippen LogP contribution is -2.15. The molecule has 3 rings (SSSR count). The maximum atomic E-state index is 12.6. The van der Waals surface area contributed by atoms with E-state index in [1.807, 2.05) is 30.3 Å². The zero-order valence-corrected chi connectivity index (χ0v) is 17.5. The number of halogens is 3. The molecule has 0 saturated carbocycles. The van der Waals surface area contributed by atoms with Crippen LogP contribution in [0.15, 0.2) is 52.1 Å². The number of hydrogen-bond donors (Lipinski definition) is 1. The monoisotopic (exact) mass is 493 g/mol. The molecular weight excluding hydrogens is 485 g/mol. The number of anilines is 1. The summed E-state index contributed by atoms with van der Waals surface area (Å²) in [4.78, 5) is 8.05. The van der Waals surface area contributed by atoms with Crippen molar-refractivity contribution in [2.45, 2.75) is 11.5 Å². The van der Waals surface area contributed by atoms with Crippen LogP contribution >= 0.6 is 50.5 Å². The quantitative estimate of drug-likeness (QED) is 0.522. The highest BCUT2D eigenvalue weighted by molar-refractivity contribution is 9.10. The molecule has 136 valence electrons. The Morgan fingerprint density at radius 3 is 2.62 bits per heavy atom. The van der Waals surface area contributed by atoms with Crippen molar-refractivity contribution in [2.24, 2.45) is 0 Å². The molecule has 0 fully saturated rings. The molecular formula is C15H10BrCl2N3O3S2. The van der Waals surface area contributed by atoms with E-state index in [0.717, 1.165) is 16.9 Å². The Balaban J connectivity index is 1.87. The van der Waals surface area contributed by atoms with E-state index in [0.29, 0.717) is 4.60 Å². The van der Waals surface area contributed by atoms with Crippen molar-refractivity contribution in [2.75, 3.05) is 4.72 Å². The Hall–Kier alpha value is -1.39. The fourth-order valence-electron chi connectivity index (χ4n) is 1.94. The lowest BCUT2D eigenvalue weighted by Gasteiger charge is -2.12. The second-order valence-corrected chi connectivity index (χ2v) is 9.66. The molecule has 11 heteroatoms. The van der Waals surface area contributed by atoms with E-state index in [2.05, 4.69) is 30.6 Å². The van der Waals surface area contributed by atoms with Gasteiger partial charge in [0.05, 0.1) is 10.5 Å². The first-order chi connectivity index (χ1) is 12.3. The van der Waals surface area contributed by atoms with Crippen molar-refractivity contribution >= 4 is 66.3 Å². The lowest BCUT2D eigenvalue weighted by atomic mass is 10.2. The molecule has 1 N–H and O–H groups in total. The van der Waals surface area contributed by atoms with Crippen LogP contribution in [0.25, 0.3) is 0 Å². The Bertz CT molecular complexity index is 1030. The summed E-state index contributed by atoms with van der Waals surface area (Å²) in [6.07, 6.45) is 1.36. The largest absolute Gasteiger partial charge is 0.470 e. The van der Waals surface area contributed by atoms with Gasteiger partial charge in [-0.15, -0.1) is 11.3 Å². The lowest BCUT2D eigenvalue weighted by molar-refractivity contribution is 0.294. The van der Waals surface area contributed by atoms with E-state index >= 15 is 0 Å². The van der Waals surface area contributed by atoms with E-state index in [9.17, 15) is 8.42 Å². The molecule has 0 saturated heterocycles. The van der Waals surface area contributed by atoms with Gasteiger partial charge >= 0.3 is 0 Å². The third kappa shape index (κ3) is 4.66. The number of sulfonamides is 1. The average Bonchev–Trinajstić information content (AvgIpc) is 2.95. The molecule has 2 heterocycles. The van der Waals surface area contributed by atoms with E-state index in [1.54, 1.807) is 0 Å². The zero-order chi connectivity index (χ0) is 18.7. The van der Waals surface area contributed by atoms with E-state index in [-0.39, 0.29) is 31.9 Å². The van der Waals surface area contributed by atoms with Gasteiger partial charge in [0.25, 0.3) is 15.9 Å². The Kier molecular flexibility index (Phi) is 6.03. The molecule has 1 aromatic carbocycles. The first-order valence-corrected chi connectivity index (χ1v) is 10.9. The van der Waals surface area contributed by atoms with Crippen molar-refractivity contribution < 1.29 is 13.2 Å². The number of nitrogens with zero attached hydrogens (tertiary/aromatic N) is 2. The Morgan fingerprint density at radius 1 is 1.23 bits per heavy atom. The molecule has 6 nitrogen and oxygen atoms in total. The van der Waals surface area contributed by atoms with Crippen molar-refractivity contribution in [3.05, 3.63) is 61.4 Å². The van der Waals surface area contributed by atoms with Crippen LogP contribution in [0.5, 0.6) is 5.88 Å². The highest BCUT2D eigenvalue weighted by atomic mass is 79.9.